The van der Waals surface area contributed by atoms with E-state index in [0.717, 1.165) is 11.1 Å². The van der Waals surface area contributed by atoms with Crippen LogP contribution in [0.2, 0.25) is 0 Å². The van der Waals surface area contributed by atoms with Crippen LogP contribution in [0.4, 0.5) is 8.78 Å². The molecule has 0 saturated carbocycles. The van der Waals surface area contributed by atoms with Crippen LogP contribution in [0.3, 0.4) is 0 Å². The van der Waals surface area contributed by atoms with E-state index in [2.05, 4.69) is 5.32 Å². The topological polar surface area (TPSA) is 49.3 Å². The average molecular weight is 335 g/mol. The summed E-state index contributed by atoms with van der Waals surface area (Å²) in [6.45, 7) is 0. The van der Waals surface area contributed by atoms with E-state index in [1.165, 1.54) is 24.3 Å². The van der Waals surface area contributed by atoms with Gasteiger partial charge in [-0.2, -0.15) is 8.78 Å². The highest BCUT2D eigenvalue weighted by molar-refractivity contribution is 7.99. The fourth-order valence-corrected chi connectivity index (χ4v) is 3.26. The maximum Gasteiger partial charge on any atom is 0.288 e. The van der Waals surface area contributed by atoms with Gasteiger partial charge in [0.2, 0.25) is 0 Å². The zero-order valence-electron chi connectivity index (χ0n) is 12.1. The Labute approximate surface area is 136 Å². The molecule has 2 aromatic carbocycles. The Morgan fingerprint density at radius 2 is 1.87 bits per heavy atom. The Hall–Kier alpha value is -1.92. The quantitative estimate of drug-likeness (QED) is 0.842. The molecule has 0 saturated heterocycles. The zero-order valence-corrected chi connectivity index (χ0v) is 12.9. The van der Waals surface area contributed by atoms with Gasteiger partial charge in [-0.05, 0) is 35.4 Å². The lowest BCUT2D eigenvalue weighted by molar-refractivity contribution is 0.0858. The number of rotatable bonds is 4. The van der Waals surface area contributed by atoms with Crippen molar-refractivity contribution in [2.75, 3.05) is 0 Å². The molecule has 2 atom stereocenters. The molecule has 0 fully saturated rings. The summed E-state index contributed by atoms with van der Waals surface area (Å²) in [4.78, 5) is 12.7. The third-order valence-corrected chi connectivity index (χ3v) is 4.55. The Morgan fingerprint density at radius 1 is 1.17 bits per heavy atom. The van der Waals surface area contributed by atoms with E-state index in [1.54, 1.807) is 0 Å². The Balaban J connectivity index is 1.72. The van der Waals surface area contributed by atoms with Gasteiger partial charge in [-0.3, -0.25) is 4.79 Å². The molecule has 3 nitrogen and oxygen atoms in total. The minimum absolute atomic E-state index is 0.334. The number of hydrogen-bond acceptors (Lipinski definition) is 3. The molecule has 1 amide bonds. The van der Waals surface area contributed by atoms with Gasteiger partial charge in [-0.15, -0.1) is 0 Å². The minimum Gasteiger partial charge on any atom is -0.390 e. The van der Waals surface area contributed by atoms with E-state index < -0.39 is 17.9 Å². The first-order valence-electron chi connectivity index (χ1n) is 7.16. The first-order valence-corrected chi connectivity index (χ1v) is 8.04. The van der Waals surface area contributed by atoms with E-state index in [9.17, 15) is 18.7 Å². The Kier molecular flexibility index (Phi) is 4.63. The van der Waals surface area contributed by atoms with Gasteiger partial charge in [0, 0.05) is 16.9 Å². The minimum atomic E-state index is -2.49. The zero-order chi connectivity index (χ0) is 16.4. The van der Waals surface area contributed by atoms with E-state index in [0.29, 0.717) is 28.6 Å². The molecular formula is C17H15F2NO2S. The van der Waals surface area contributed by atoms with Crippen molar-refractivity contribution in [2.45, 2.75) is 29.2 Å². The molecule has 6 heteroatoms. The maximum absolute atomic E-state index is 12.3. The summed E-state index contributed by atoms with van der Waals surface area (Å²) in [5.74, 6) is -2.82. The molecular weight excluding hydrogens is 320 g/mol. The number of aliphatic hydroxyl groups is 1. The molecule has 120 valence electrons. The number of benzene rings is 2. The van der Waals surface area contributed by atoms with Crippen LogP contribution in [0.25, 0.3) is 0 Å². The molecule has 23 heavy (non-hydrogen) atoms. The number of nitrogens with one attached hydrogen (secondary N) is 1. The van der Waals surface area contributed by atoms with Gasteiger partial charge in [0.1, 0.15) is 0 Å². The molecule has 0 spiro atoms. The number of halogens is 2. The maximum atomic E-state index is 12.3. The highest BCUT2D eigenvalue weighted by atomic mass is 32.2. The van der Waals surface area contributed by atoms with Gasteiger partial charge in [-0.1, -0.05) is 36.0 Å². The van der Waals surface area contributed by atoms with Crippen molar-refractivity contribution in [3.63, 3.8) is 0 Å². The Bertz CT molecular complexity index is 706. The fraction of sp³-hybridized carbons (Fsp3) is 0.235. The number of hydrogen-bond donors (Lipinski definition) is 2. The molecule has 2 N–H and O–H groups in total. The summed E-state index contributed by atoms with van der Waals surface area (Å²) >= 11 is 0.438. The molecule has 0 heterocycles. The van der Waals surface area contributed by atoms with Crippen molar-refractivity contribution >= 4 is 17.7 Å². The molecule has 2 aromatic rings. The van der Waals surface area contributed by atoms with Crippen molar-refractivity contribution in [1.82, 2.24) is 5.32 Å². The lowest BCUT2D eigenvalue weighted by Gasteiger charge is -2.18. The summed E-state index contributed by atoms with van der Waals surface area (Å²) in [7, 11) is 0. The van der Waals surface area contributed by atoms with Gasteiger partial charge in [-0.25, -0.2) is 0 Å². The number of fused-ring (bicyclic) bond motifs is 1. The summed E-state index contributed by atoms with van der Waals surface area (Å²) in [6, 6.07) is 13.1. The van der Waals surface area contributed by atoms with Crippen LogP contribution in [0, 0.1) is 0 Å². The third kappa shape index (κ3) is 3.54. The van der Waals surface area contributed by atoms with Gasteiger partial charge >= 0.3 is 0 Å². The normalized spacial score (nSPS) is 19.7. The first kappa shape index (κ1) is 16.0. The first-order chi connectivity index (χ1) is 11.0. The largest absolute Gasteiger partial charge is 0.390 e. The molecule has 0 aliphatic heterocycles. The smallest absolute Gasteiger partial charge is 0.288 e. The van der Waals surface area contributed by atoms with Crippen LogP contribution in [-0.4, -0.2) is 22.9 Å². The number of carbonyl (C=O) groups is 1. The SMILES string of the molecule is O=C(N[C@@H]1c2ccccc2C[C@@H]1O)c1ccc(SC(F)F)cc1. The predicted octanol–water partition coefficient (Wildman–Crippen LogP) is 3.39. The molecule has 3 rings (SSSR count). The second kappa shape index (κ2) is 6.68. The van der Waals surface area contributed by atoms with Crippen LogP contribution < -0.4 is 5.32 Å². The number of alkyl halides is 2. The van der Waals surface area contributed by atoms with Crippen LogP contribution in [0.15, 0.2) is 53.4 Å². The van der Waals surface area contributed by atoms with Crippen LogP contribution >= 0.6 is 11.8 Å². The van der Waals surface area contributed by atoms with Crippen LogP contribution in [0.5, 0.6) is 0 Å². The molecule has 1 aliphatic carbocycles. The van der Waals surface area contributed by atoms with Gasteiger partial charge < -0.3 is 10.4 Å². The number of thioether (sulfide) groups is 1. The number of amides is 1. The fourth-order valence-electron chi connectivity index (χ4n) is 2.76. The molecule has 0 aromatic heterocycles. The van der Waals surface area contributed by atoms with Crippen molar-refractivity contribution in [1.29, 1.82) is 0 Å². The summed E-state index contributed by atoms with van der Waals surface area (Å²) in [6.07, 6.45) is -0.157. The highest BCUT2D eigenvalue weighted by Crippen LogP contribution is 2.31. The van der Waals surface area contributed by atoms with Gasteiger partial charge in [0.15, 0.2) is 0 Å². The lowest BCUT2D eigenvalue weighted by atomic mass is 10.1. The second-order valence-electron chi connectivity index (χ2n) is 5.32. The average Bonchev–Trinajstić information content (AvgIpc) is 2.83. The highest BCUT2D eigenvalue weighted by Gasteiger charge is 2.31. The van der Waals surface area contributed by atoms with Gasteiger partial charge in [0.25, 0.3) is 11.7 Å². The summed E-state index contributed by atoms with van der Waals surface area (Å²) in [5.41, 5.74) is 2.31. The monoisotopic (exact) mass is 335 g/mol. The van der Waals surface area contributed by atoms with Crippen molar-refractivity contribution in [3.05, 3.63) is 65.2 Å². The molecule has 0 unspecified atom stereocenters. The van der Waals surface area contributed by atoms with Crippen molar-refractivity contribution < 1.29 is 18.7 Å². The molecule has 0 radical (unpaired) electrons. The predicted molar refractivity (Wildman–Crippen MR) is 84.7 cm³/mol. The molecule has 1 aliphatic rings. The van der Waals surface area contributed by atoms with E-state index in [4.69, 9.17) is 0 Å². The Morgan fingerprint density at radius 3 is 2.57 bits per heavy atom. The third-order valence-electron chi connectivity index (χ3n) is 3.83. The van der Waals surface area contributed by atoms with Gasteiger partial charge in [0.05, 0.1) is 12.1 Å². The van der Waals surface area contributed by atoms with Crippen LogP contribution in [0.1, 0.15) is 27.5 Å². The lowest BCUT2D eigenvalue weighted by Crippen LogP contribution is -2.33. The number of carbonyl (C=O) groups excluding carboxylic acids is 1. The van der Waals surface area contributed by atoms with Crippen LogP contribution in [-0.2, 0) is 6.42 Å². The van der Waals surface area contributed by atoms with E-state index >= 15 is 0 Å². The van der Waals surface area contributed by atoms with E-state index in [1.807, 2.05) is 24.3 Å². The standard InChI is InChI=1S/C17H15F2NO2S/c18-17(19)23-12-7-5-10(6-8-12)16(22)20-15-13-4-2-1-3-11(13)9-14(15)21/h1-8,14-15,17,21H,9H2,(H,20,22)/t14-,15+/m0/s1. The number of aliphatic hydroxyl groups excluding tert-OH is 1. The van der Waals surface area contributed by atoms with E-state index in [-0.39, 0.29) is 5.91 Å². The summed E-state index contributed by atoms with van der Waals surface area (Å²) in [5, 5.41) is 13.0. The second-order valence-corrected chi connectivity index (χ2v) is 6.39. The summed E-state index contributed by atoms with van der Waals surface area (Å²) < 4.78 is 24.6. The van der Waals surface area contributed by atoms with Crippen molar-refractivity contribution in [3.8, 4) is 0 Å². The van der Waals surface area contributed by atoms with Crippen molar-refractivity contribution in [2.24, 2.45) is 0 Å². The molecule has 0 bridgehead atoms.